The molecule has 112 valence electrons. The van der Waals surface area contributed by atoms with E-state index >= 15 is 0 Å². The molecule has 21 heavy (non-hydrogen) atoms. The highest BCUT2D eigenvalue weighted by atomic mass is 35.5. The predicted molar refractivity (Wildman–Crippen MR) is 79.7 cm³/mol. The fourth-order valence-electron chi connectivity index (χ4n) is 1.84. The number of ether oxygens (including phenoxy) is 2. The van der Waals surface area contributed by atoms with Crippen LogP contribution in [0.25, 0.3) is 0 Å². The van der Waals surface area contributed by atoms with Gasteiger partial charge in [0.2, 0.25) is 0 Å². The fraction of sp³-hybridized carbons (Fsp3) is 0.200. The van der Waals surface area contributed by atoms with Crippen molar-refractivity contribution in [3.63, 3.8) is 0 Å². The first-order valence-corrected chi connectivity index (χ1v) is 6.84. The second kappa shape index (κ2) is 6.98. The molecule has 2 aromatic carbocycles. The van der Waals surface area contributed by atoms with Crippen LogP contribution in [0.15, 0.2) is 30.3 Å². The van der Waals surface area contributed by atoms with Crippen molar-refractivity contribution in [2.75, 3.05) is 7.11 Å². The van der Waals surface area contributed by atoms with Crippen LogP contribution >= 0.6 is 23.2 Å². The number of hydrogen-bond donors (Lipinski definition) is 1. The van der Waals surface area contributed by atoms with E-state index < -0.39 is 5.82 Å². The Morgan fingerprint density at radius 2 is 1.86 bits per heavy atom. The Bertz CT molecular complexity index is 622. The molecular formula is C15H13Cl2FO3. The van der Waals surface area contributed by atoms with E-state index in [4.69, 9.17) is 32.7 Å². The van der Waals surface area contributed by atoms with Gasteiger partial charge in [0.1, 0.15) is 12.4 Å². The Labute approximate surface area is 131 Å². The minimum atomic E-state index is -0.457. The van der Waals surface area contributed by atoms with Crippen LogP contribution in [0.1, 0.15) is 11.1 Å². The van der Waals surface area contributed by atoms with E-state index in [1.165, 1.54) is 13.2 Å². The van der Waals surface area contributed by atoms with E-state index in [1.807, 2.05) is 0 Å². The second-order valence-corrected chi connectivity index (χ2v) is 5.15. The van der Waals surface area contributed by atoms with Crippen LogP contribution in [0, 0.1) is 5.82 Å². The summed E-state index contributed by atoms with van der Waals surface area (Å²) in [5, 5.41) is 10.1. The van der Waals surface area contributed by atoms with Gasteiger partial charge in [0.25, 0.3) is 0 Å². The maximum absolute atomic E-state index is 13.7. The molecule has 0 aliphatic carbocycles. The topological polar surface area (TPSA) is 38.7 Å². The first kappa shape index (κ1) is 15.9. The summed E-state index contributed by atoms with van der Waals surface area (Å²) in [7, 11) is 1.46. The van der Waals surface area contributed by atoms with Crippen molar-refractivity contribution in [3.05, 3.63) is 57.3 Å². The summed E-state index contributed by atoms with van der Waals surface area (Å²) in [5.74, 6) is 0.251. The lowest BCUT2D eigenvalue weighted by atomic mass is 10.2. The van der Waals surface area contributed by atoms with E-state index in [0.717, 1.165) is 0 Å². The van der Waals surface area contributed by atoms with Crippen molar-refractivity contribution in [2.24, 2.45) is 0 Å². The SMILES string of the molecule is COc1cc(Cl)cc(CO)c1OCc1ccc(Cl)cc1F. The van der Waals surface area contributed by atoms with Crippen LogP contribution in [0.3, 0.4) is 0 Å². The quantitative estimate of drug-likeness (QED) is 0.892. The minimum Gasteiger partial charge on any atom is -0.493 e. The number of benzene rings is 2. The average molecular weight is 331 g/mol. The number of methoxy groups -OCH3 is 1. The molecule has 3 nitrogen and oxygen atoms in total. The highest BCUT2D eigenvalue weighted by molar-refractivity contribution is 6.31. The van der Waals surface area contributed by atoms with Gasteiger partial charge in [-0.2, -0.15) is 0 Å². The summed E-state index contributed by atoms with van der Waals surface area (Å²) in [6, 6.07) is 7.46. The Morgan fingerprint density at radius 1 is 1.10 bits per heavy atom. The van der Waals surface area contributed by atoms with Crippen molar-refractivity contribution in [2.45, 2.75) is 13.2 Å². The summed E-state index contributed by atoms with van der Waals surface area (Å²) in [6.45, 7) is -0.288. The second-order valence-electron chi connectivity index (χ2n) is 4.28. The molecule has 0 bridgehead atoms. The fourth-order valence-corrected chi connectivity index (χ4v) is 2.23. The summed E-state index contributed by atoms with van der Waals surface area (Å²) in [4.78, 5) is 0. The van der Waals surface area contributed by atoms with Gasteiger partial charge in [-0.1, -0.05) is 29.3 Å². The van der Waals surface area contributed by atoms with Gasteiger partial charge < -0.3 is 14.6 Å². The standard InChI is InChI=1S/C15H13Cl2FO3/c1-20-14-6-12(17)4-10(7-19)15(14)21-8-9-2-3-11(16)5-13(9)18/h2-6,19H,7-8H2,1H3. The lowest BCUT2D eigenvalue weighted by Gasteiger charge is -2.15. The molecule has 0 spiro atoms. The van der Waals surface area contributed by atoms with Gasteiger partial charge in [-0.05, 0) is 18.2 Å². The van der Waals surface area contributed by atoms with Gasteiger partial charge in [-0.3, -0.25) is 0 Å². The van der Waals surface area contributed by atoms with Crippen molar-refractivity contribution < 1.29 is 19.0 Å². The smallest absolute Gasteiger partial charge is 0.167 e. The van der Waals surface area contributed by atoms with Gasteiger partial charge >= 0.3 is 0 Å². The number of aliphatic hydroxyl groups is 1. The molecule has 0 heterocycles. The van der Waals surface area contributed by atoms with E-state index in [0.29, 0.717) is 32.7 Å². The normalized spacial score (nSPS) is 10.5. The molecule has 0 aliphatic heterocycles. The lowest BCUT2D eigenvalue weighted by molar-refractivity contribution is 0.248. The highest BCUT2D eigenvalue weighted by Crippen LogP contribution is 2.35. The van der Waals surface area contributed by atoms with E-state index in [9.17, 15) is 9.50 Å². The first-order valence-electron chi connectivity index (χ1n) is 6.09. The lowest BCUT2D eigenvalue weighted by Crippen LogP contribution is -2.03. The summed E-state index contributed by atoms with van der Waals surface area (Å²) in [5.41, 5.74) is 0.814. The van der Waals surface area contributed by atoms with Crippen molar-refractivity contribution in [1.82, 2.24) is 0 Å². The van der Waals surface area contributed by atoms with Crippen molar-refractivity contribution in [1.29, 1.82) is 0 Å². The average Bonchev–Trinajstić information content (AvgIpc) is 2.46. The number of halogens is 3. The molecule has 0 atom stereocenters. The Kier molecular flexibility index (Phi) is 5.28. The van der Waals surface area contributed by atoms with Gasteiger partial charge in [-0.15, -0.1) is 0 Å². The summed E-state index contributed by atoms with van der Waals surface area (Å²) < 4.78 is 24.5. The highest BCUT2D eigenvalue weighted by Gasteiger charge is 2.13. The molecule has 0 saturated heterocycles. The van der Waals surface area contributed by atoms with Crippen LogP contribution in [-0.4, -0.2) is 12.2 Å². The largest absolute Gasteiger partial charge is 0.493 e. The zero-order valence-electron chi connectivity index (χ0n) is 11.2. The minimum absolute atomic E-state index is 0.0198. The molecule has 0 radical (unpaired) electrons. The molecule has 1 N–H and O–H groups in total. The van der Waals surface area contributed by atoms with Gasteiger partial charge in [0.05, 0.1) is 13.7 Å². The van der Waals surface area contributed by atoms with Crippen molar-refractivity contribution >= 4 is 23.2 Å². The van der Waals surface area contributed by atoms with E-state index in [1.54, 1.807) is 24.3 Å². The maximum atomic E-state index is 13.7. The monoisotopic (exact) mass is 330 g/mol. The molecule has 2 aromatic rings. The molecule has 0 unspecified atom stereocenters. The van der Waals surface area contributed by atoms with Gasteiger partial charge in [0.15, 0.2) is 11.5 Å². The number of aliphatic hydroxyl groups excluding tert-OH is 1. The summed E-state index contributed by atoms with van der Waals surface area (Å²) >= 11 is 11.6. The maximum Gasteiger partial charge on any atom is 0.167 e. The van der Waals surface area contributed by atoms with Gasteiger partial charge in [-0.25, -0.2) is 4.39 Å². The molecule has 0 amide bonds. The van der Waals surface area contributed by atoms with Crippen LogP contribution in [0.5, 0.6) is 11.5 Å². The molecule has 2 rings (SSSR count). The third kappa shape index (κ3) is 3.79. The van der Waals surface area contributed by atoms with Crippen LogP contribution in [-0.2, 0) is 13.2 Å². The molecule has 6 heteroatoms. The Hall–Kier alpha value is -1.49. The number of hydrogen-bond acceptors (Lipinski definition) is 3. The molecule has 0 fully saturated rings. The van der Waals surface area contributed by atoms with Crippen LogP contribution in [0.2, 0.25) is 10.0 Å². The van der Waals surface area contributed by atoms with E-state index in [-0.39, 0.29) is 13.2 Å². The zero-order chi connectivity index (χ0) is 15.4. The molecule has 0 aliphatic rings. The third-order valence-corrected chi connectivity index (χ3v) is 3.33. The predicted octanol–water partition coefficient (Wildman–Crippen LogP) is 4.21. The molecule has 0 saturated carbocycles. The summed E-state index contributed by atoms with van der Waals surface area (Å²) in [6.07, 6.45) is 0. The van der Waals surface area contributed by atoms with Crippen molar-refractivity contribution in [3.8, 4) is 11.5 Å². The van der Waals surface area contributed by atoms with Crippen LogP contribution in [0.4, 0.5) is 4.39 Å². The Balaban J connectivity index is 2.26. The third-order valence-electron chi connectivity index (χ3n) is 2.87. The van der Waals surface area contributed by atoms with Gasteiger partial charge in [0, 0.05) is 27.2 Å². The number of rotatable bonds is 5. The zero-order valence-corrected chi connectivity index (χ0v) is 12.7. The first-order chi connectivity index (χ1) is 10.0. The van der Waals surface area contributed by atoms with E-state index in [2.05, 4.69) is 0 Å². The molecular weight excluding hydrogens is 318 g/mol. The Morgan fingerprint density at radius 3 is 2.48 bits per heavy atom. The molecule has 0 aromatic heterocycles. The van der Waals surface area contributed by atoms with Crippen LogP contribution < -0.4 is 9.47 Å².